The molecular formula is C13H12BrFN2O3S. The smallest absolute Gasteiger partial charge is 0.240 e. The van der Waals surface area contributed by atoms with Gasteiger partial charge in [0.25, 0.3) is 0 Å². The van der Waals surface area contributed by atoms with Crippen LogP contribution in [0.3, 0.4) is 0 Å². The van der Waals surface area contributed by atoms with Crippen molar-refractivity contribution in [1.82, 2.24) is 9.71 Å². The average molecular weight is 375 g/mol. The largest absolute Gasteiger partial charge is 0.481 e. The van der Waals surface area contributed by atoms with Crippen molar-refractivity contribution in [3.05, 3.63) is 52.4 Å². The number of hydrogen-bond donors (Lipinski definition) is 1. The van der Waals surface area contributed by atoms with Crippen molar-refractivity contribution >= 4 is 26.0 Å². The molecule has 8 heteroatoms. The Morgan fingerprint density at radius 2 is 2.14 bits per heavy atom. The molecule has 1 aromatic carbocycles. The minimum atomic E-state index is -3.82. The Labute approximate surface area is 130 Å². The predicted octanol–water partition coefficient (Wildman–Crippen LogP) is 2.47. The maximum absolute atomic E-state index is 13.4. The number of nitrogens with one attached hydrogen (secondary N) is 1. The van der Waals surface area contributed by atoms with Crippen LogP contribution in [0.2, 0.25) is 0 Å². The van der Waals surface area contributed by atoms with Crippen LogP contribution in [-0.2, 0) is 16.6 Å². The summed E-state index contributed by atoms with van der Waals surface area (Å²) in [5.41, 5.74) is 0.584. The predicted molar refractivity (Wildman–Crippen MR) is 78.9 cm³/mol. The van der Waals surface area contributed by atoms with Gasteiger partial charge in [0.1, 0.15) is 5.82 Å². The fourth-order valence-electron chi connectivity index (χ4n) is 1.64. The van der Waals surface area contributed by atoms with Gasteiger partial charge in [0.05, 0.1) is 16.5 Å². The van der Waals surface area contributed by atoms with E-state index in [1.807, 2.05) is 0 Å². The highest BCUT2D eigenvalue weighted by Gasteiger charge is 2.16. The first-order valence-electron chi connectivity index (χ1n) is 5.86. The molecule has 21 heavy (non-hydrogen) atoms. The third kappa shape index (κ3) is 3.78. The van der Waals surface area contributed by atoms with Gasteiger partial charge in [-0.05, 0) is 40.2 Å². The van der Waals surface area contributed by atoms with Crippen LogP contribution in [0.4, 0.5) is 4.39 Å². The number of benzene rings is 1. The van der Waals surface area contributed by atoms with Gasteiger partial charge in [0.15, 0.2) is 0 Å². The Balaban J connectivity index is 2.20. The summed E-state index contributed by atoms with van der Waals surface area (Å²) >= 11 is 2.98. The fraction of sp³-hybridized carbons (Fsp3) is 0.154. The van der Waals surface area contributed by atoms with E-state index in [1.54, 1.807) is 18.3 Å². The molecule has 0 spiro atoms. The van der Waals surface area contributed by atoms with Crippen LogP contribution >= 0.6 is 15.9 Å². The third-order valence-electron chi connectivity index (χ3n) is 2.70. The molecule has 0 amide bonds. The number of aromatic nitrogens is 1. The van der Waals surface area contributed by atoms with E-state index in [0.717, 1.165) is 6.07 Å². The average Bonchev–Trinajstić information content (AvgIpc) is 2.48. The zero-order valence-electron chi connectivity index (χ0n) is 11.0. The van der Waals surface area contributed by atoms with Crippen molar-refractivity contribution in [2.24, 2.45) is 0 Å². The summed E-state index contributed by atoms with van der Waals surface area (Å²) in [5, 5.41) is 0. The SMILES string of the molecule is COc1ncccc1CNS(=O)(=O)c1ccc(Br)c(F)c1. The van der Waals surface area contributed by atoms with Crippen molar-refractivity contribution in [3.8, 4) is 5.88 Å². The molecule has 5 nitrogen and oxygen atoms in total. The Hall–Kier alpha value is -1.51. The van der Waals surface area contributed by atoms with Crippen LogP contribution in [0.25, 0.3) is 0 Å². The first-order valence-corrected chi connectivity index (χ1v) is 8.14. The van der Waals surface area contributed by atoms with Crippen LogP contribution in [0.15, 0.2) is 45.9 Å². The Bertz CT molecular complexity index is 753. The molecule has 112 valence electrons. The van der Waals surface area contributed by atoms with E-state index >= 15 is 0 Å². The van der Waals surface area contributed by atoms with E-state index in [9.17, 15) is 12.8 Å². The first kappa shape index (κ1) is 15.9. The highest BCUT2D eigenvalue weighted by Crippen LogP contribution is 2.20. The molecule has 1 heterocycles. The molecule has 0 saturated heterocycles. The standard InChI is InChI=1S/C13H12BrFN2O3S/c1-20-13-9(3-2-6-16-13)8-17-21(18,19)10-4-5-11(14)12(15)7-10/h2-7,17H,8H2,1H3. The van der Waals surface area contributed by atoms with Crippen LogP contribution in [0, 0.1) is 5.82 Å². The van der Waals surface area contributed by atoms with Gasteiger partial charge in [0, 0.05) is 18.3 Å². The second-order valence-corrected chi connectivity index (χ2v) is 6.69. The van der Waals surface area contributed by atoms with E-state index in [2.05, 4.69) is 25.6 Å². The number of pyridine rings is 1. The molecule has 1 N–H and O–H groups in total. The van der Waals surface area contributed by atoms with Crippen LogP contribution in [0.1, 0.15) is 5.56 Å². The number of rotatable bonds is 5. The molecule has 1 aromatic heterocycles. The highest BCUT2D eigenvalue weighted by molar-refractivity contribution is 9.10. The van der Waals surface area contributed by atoms with Crippen LogP contribution in [0.5, 0.6) is 5.88 Å². The van der Waals surface area contributed by atoms with Crippen molar-refractivity contribution in [2.45, 2.75) is 11.4 Å². The number of ether oxygens (including phenoxy) is 1. The zero-order chi connectivity index (χ0) is 15.5. The lowest BCUT2D eigenvalue weighted by Crippen LogP contribution is -2.23. The van der Waals surface area contributed by atoms with Gasteiger partial charge in [-0.2, -0.15) is 0 Å². The molecule has 0 aliphatic rings. The maximum atomic E-state index is 13.4. The Morgan fingerprint density at radius 3 is 2.81 bits per heavy atom. The normalized spacial score (nSPS) is 11.4. The number of sulfonamides is 1. The van der Waals surface area contributed by atoms with E-state index in [-0.39, 0.29) is 15.9 Å². The summed E-state index contributed by atoms with van der Waals surface area (Å²) in [7, 11) is -2.37. The topological polar surface area (TPSA) is 68.3 Å². The molecule has 0 fully saturated rings. The minimum Gasteiger partial charge on any atom is -0.481 e. The van der Waals surface area contributed by atoms with Crippen molar-refractivity contribution in [1.29, 1.82) is 0 Å². The molecule has 0 aliphatic heterocycles. The lowest BCUT2D eigenvalue weighted by molar-refractivity contribution is 0.392. The van der Waals surface area contributed by atoms with Gasteiger partial charge < -0.3 is 4.74 Å². The molecule has 0 atom stereocenters. The molecule has 0 aliphatic carbocycles. The molecule has 0 saturated carbocycles. The minimum absolute atomic E-state index is 0.00295. The lowest BCUT2D eigenvalue weighted by atomic mass is 10.3. The van der Waals surface area contributed by atoms with Gasteiger partial charge in [-0.1, -0.05) is 6.07 Å². The number of hydrogen-bond acceptors (Lipinski definition) is 4. The van der Waals surface area contributed by atoms with E-state index in [4.69, 9.17) is 4.74 Å². The molecule has 2 aromatic rings. The summed E-state index contributed by atoms with van der Waals surface area (Å²) in [6, 6.07) is 6.97. The van der Waals surface area contributed by atoms with Crippen LogP contribution < -0.4 is 9.46 Å². The highest BCUT2D eigenvalue weighted by atomic mass is 79.9. The molecular weight excluding hydrogens is 363 g/mol. The van der Waals surface area contributed by atoms with E-state index < -0.39 is 15.8 Å². The van der Waals surface area contributed by atoms with E-state index in [1.165, 1.54) is 19.2 Å². The van der Waals surface area contributed by atoms with Gasteiger partial charge in [-0.15, -0.1) is 0 Å². The summed E-state index contributed by atoms with van der Waals surface area (Å²) in [6.45, 7) is -0.00295. The van der Waals surface area contributed by atoms with Crippen molar-refractivity contribution in [3.63, 3.8) is 0 Å². The Kier molecular flexibility index (Phi) is 4.92. The third-order valence-corrected chi connectivity index (χ3v) is 4.74. The van der Waals surface area contributed by atoms with Gasteiger partial charge in [-0.3, -0.25) is 0 Å². The van der Waals surface area contributed by atoms with Crippen molar-refractivity contribution < 1.29 is 17.5 Å². The summed E-state index contributed by atoms with van der Waals surface area (Å²) in [6.07, 6.45) is 1.54. The van der Waals surface area contributed by atoms with Gasteiger partial charge >= 0.3 is 0 Å². The second-order valence-electron chi connectivity index (χ2n) is 4.07. The molecule has 0 radical (unpaired) electrons. The second kappa shape index (κ2) is 6.50. The Morgan fingerprint density at radius 1 is 1.38 bits per heavy atom. The number of methoxy groups -OCH3 is 1. The fourth-order valence-corrected chi connectivity index (χ4v) is 2.91. The number of halogens is 2. The van der Waals surface area contributed by atoms with E-state index in [0.29, 0.717) is 11.4 Å². The maximum Gasteiger partial charge on any atom is 0.240 e. The summed E-state index contributed by atoms with van der Waals surface area (Å²) in [4.78, 5) is 3.83. The molecule has 0 unspecified atom stereocenters. The quantitative estimate of drug-likeness (QED) is 0.872. The monoisotopic (exact) mass is 374 g/mol. The first-order chi connectivity index (χ1) is 9.94. The van der Waals surface area contributed by atoms with Gasteiger partial charge in [0.2, 0.25) is 15.9 Å². The molecule has 0 bridgehead atoms. The molecule has 2 rings (SSSR count). The summed E-state index contributed by atoms with van der Waals surface area (Å²) < 4.78 is 45.3. The number of nitrogens with zero attached hydrogens (tertiary/aromatic N) is 1. The zero-order valence-corrected chi connectivity index (χ0v) is 13.4. The van der Waals surface area contributed by atoms with Crippen molar-refractivity contribution in [2.75, 3.05) is 7.11 Å². The summed E-state index contributed by atoms with van der Waals surface area (Å²) in [5.74, 6) is -0.306. The lowest BCUT2D eigenvalue weighted by Gasteiger charge is -2.09. The van der Waals surface area contributed by atoms with Gasteiger partial charge in [-0.25, -0.2) is 22.5 Å². The van der Waals surface area contributed by atoms with Crippen LogP contribution in [-0.4, -0.2) is 20.5 Å².